The van der Waals surface area contributed by atoms with E-state index >= 15 is 0 Å². The Bertz CT molecular complexity index is 1480. The minimum atomic E-state index is -1.71. The van der Waals surface area contributed by atoms with Gasteiger partial charge in [-0.1, -0.05) is 93.3 Å². The zero-order chi connectivity index (χ0) is 39.7. The van der Waals surface area contributed by atoms with Gasteiger partial charge in [-0.05, 0) is 39.7 Å². The van der Waals surface area contributed by atoms with E-state index in [0.717, 1.165) is 36.8 Å². The zero-order valence-electron chi connectivity index (χ0n) is 33.4. The van der Waals surface area contributed by atoms with E-state index in [1.165, 1.54) is 7.11 Å². The number of fused-ring (bicyclic) bond motifs is 1. The first kappa shape index (κ1) is 43.0. The molecule has 4 aliphatic rings. The quantitative estimate of drug-likeness (QED) is 0.106. The normalized spacial score (nSPS) is 32.1. The molecular weight excluding hydrogens is 728 g/mol. The van der Waals surface area contributed by atoms with Gasteiger partial charge in [0.05, 0.1) is 19.8 Å². The van der Waals surface area contributed by atoms with Gasteiger partial charge in [0.2, 0.25) is 6.29 Å². The lowest BCUT2D eigenvalue weighted by Gasteiger charge is -2.49. The molecule has 14 nitrogen and oxygen atoms in total. The Kier molecular flexibility index (Phi) is 15.3. The summed E-state index contributed by atoms with van der Waals surface area (Å²) in [4.78, 5) is 13.6. The van der Waals surface area contributed by atoms with E-state index in [4.69, 9.17) is 56.8 Å². The monoisotopic (exact) mass is 788 g/mol. The molecule has 6 rings (SSSR count). The maximum atomic E-state index is 13.6. The molecule has 4 heterocycles. The van der Waals surface area contributed by atoms with Crippen LogP contribution in [-0.2, 0) is 68.2 Å². The van der Waals surface area contributed by atoms with Gasteiger partial charge in [-0.3, -0.25) is 4.79 Å². The van der Waals surface area contributed by atoms with Gasteiger partial charge in [0.1, 0.15) is 49.5 Å². The molecule has 4 fully saturated rings. The average Bonchev–Trinajstić information content (AvgIpc) is 3.72. The summed E-state index contributed by atoms with van der Waals surface area (Å²) in [6, 6.07) is 19.2. The number of hydrogen-bond donors (Lipinski definition) is 1. The number of esters is 1. The van der Waals surface area contributed by atoms with E-state index in [1.54, 1.807) is 13.8 Å². The van der Waals surface area contributed by atoms with Crippen LogP contribution in [0.4, 0.5) is 0 Å². The van der Waals surface area contributed by atoms with Gasteiger partial charge < -0.3 is 61.9 Å². The predicted molar refractivity (Wildman–Crippen MR) is 200 cm³/mol. The van der Waals surface area contributed by atoms with Crippen LogP contribution in [-0.4, -0.2) is 111 Å². The summed E-state index contributed by atoms with van der Waals surface area (Å²) in [5.41, 5.74) is 1.72. The highest BCUT2D eigenvalue weighted by molar-refractivity contribution is 5.69. The van der Waals surface area contributed by atoms with E-state index in [9.17, 15) is 9.90 Å². The van der Waals surface area contributed by atoms with Gasteiger partial charge in [0, 0.05) is 19.1 Å². The Hall–Kier alpha value is -2.57. The van der Waals surface area contributed by atoms with E-state index < -0.39 is 85.2 Å². The molecule has 56 heavy (non-hydrogen) atoms. The van der Waals surface area contributed by atoms with Gasteiger partial charge in [-0.2, -0.15) is 0 Å². The SMILES string of the molecule is CCCCCCCC(=O)O[C@@H]1[C@H](OC(O)[C@@H](OCOC)[C@H]2OC(C)(C)O[C@@H]2[C@@H]2COC(C)(C)O2)O[C@@H]2COC(c3ccccc3)O[C@H]2[C@@H]1OCc1ccccc1. The van der Waals surface area contributed by atoms with Crippen LogP contribution in [0, 0.1) is 0 Å². The second kappa shape index (κ2) is 19.9. The van der Waals surface area contributed by atoms with Crippen molar-refractivity contribution in [2.45, 2.75) is 159 Å². The predicted octanol–water partition coefficient (Wildman–Crippen LogP) is 5.68. The molecule has 2 unspecified atom stereocenters. The summed E-state index contributed by atoms with van der Waals surface area (Å²) in [6.45, 7) is 9.63. The fourth-order valence-electron chi connectivity index (χ4n) is 7.54. The number of aliphatic hydroxyl groups is 1. The minimum absolute atomic E-state index is 0.109. The van der Waals surface area contributed by atoms with Crippen LogP contribution in [0.2, 0.25) is 0 Å². The van der Waals surface area contributed by atoms with Gasteiger partial charge >= 0.3 is 5.97 Å². The molecule has 0 spiro atoms. The summed E-state index contributed by atoms with van der Waals surface area (Å²) >= 11 is 0. The van der Waals surface area contributed by atoms with Crippen molar-refractivity contribution in [2.24, 2.45) is 0 Å². The third-order valence-electron chi connectivity index (χ3n) is 10.2. The van der Waals surface area contributed by atoms with E-state index in [-0.39, 0.29) is 33.0 Å². The van der Waals surface area contributed by atoms with Crippen molar-refractivity contribution in [3.05, 3.63) is 71.8 Å². The van der Waals surface area contributed by atoms with Gasteiger partial charge in [0.25, 0.3) is 0 Å². The number of aliphatic hydroxyl groups excluding tert-OH is 1. The largest absolute Gasteiger partial charge is 0.454 e. The van der Waals surface area contributed by atoms with Gasteiger partial charge in [-0.25, -0.2) is 0 Å². The van der Waals surface area contributed by atoms with Crippen LogP contribution in [0.25, 0.3) is 0 Å². The van der Waals surface area contributed by atoms with Crippen molar-refractivity contribution in [3.8, 4) is 0 Å². The molecule has 4 aliphatic heterocycles. The standard InChI is InChI=1S/C42H60O14/c1-7-8-9-10-17-22-31(43)51-37-34(46-23-27-18-13-11-14-19-27)32-29(24-47-39(52-32)28-20-15-12-16-21-28)50-40(37)53-38(44)36(48-26-45-6)35-33(55-42(4,5)56-35)30-25-49-41(2,3)54-30/h11-16,18-21,29-30,32-40,44H,7-10,17,22-26H2,1-6H3/t29-,30+,32-,33-,34+,35+,36+,37+,38?,39?,40+/m1/s1. The van der Waals surface area contributed by atoms with Crippen molar-refractivity contribution in [2.75, 3.05) is 27.1 Å². The minimum Gasteiger partial charge on any atom is -0.454 e. The molecule has 312 valence electrons. The highest BCUT2D eigenvalue weighted by atomic mass is 16.8. The molecule has 0 bridgehead atoms. The molecule has 0 amide bonds. The summed E-state index contributed by atoms with van der Waals surface area (Å²) in [6.07, 6.45) is -5.70. The smallest absolute Gasteiger partial charge is 0.306 e. The zero-order valence-corrected chi connectivity index (χ0v) is 33.4. The lowest BCUT2D eigenvalue weighted by Crippen LogP contribution is -2.65. The van der Waals surface area contributed by atoms with Crippen LogP contribution in [0.3, 0.4) is 0 Å². The number of hydrogen-bond acceptors (Lipinski definition) is 14. The van der Waals surface area contributed by atoms with Crippen LogP contribution >= 0.6 is 0 Å². The number of carbonyl (C=O) groups excluding carboxylic acids is 1. The second-order valence-electron chi connectivity index (χ2n) is 15.6. The lowest BCUT2D eigenvalue weighted by atomic mass is 9.96. The maximum absolute atomic E-state index is 13.6. The first-order valence-electron chi connectivity index (χ1n) is 19.9. The van der Waals surface area contributed by atoms with E-state index in [1.807, 2.05) is 74.5 Å². The number of ether oxygens (including phenoxy) is 12. The Morgan fingerprint density at radius 2 is 1.57 bits per heavy atom. The van der Waals surface area contributed by atoms with Crippen LogP contribution in [0.1, 0.15) is 90.6 Å². The number of methoxy groups -OCH3 is 1. The number of benzene rings is 2. The molecule has 1 N–H and O–H groups in total. The molecule has 11 atom stereocenters. The van der Waals surface area contributed by atoms with Gasteiger partial charge in [-0.15, -0.1) is 0 Å². The topological polar surface area (TPSA) is 148 Å². The fraction of sp³-hybridized carbons (Fsp3) is 0.690. The molecule has 4 saturated heterocycles. The Morgan fingerprint density at radius 1 is 0.839 bits per heavy atom. The summed E-state index contributed by atoms with van der Waals surface area (Å²) in [7, 11) is 1.47. The van der Waals surface area contributed by atoms with E-state index in [0.29, 0.717) is 6.42 Å². The van der Waals surface area contributed by atoms with Crippen LogP contribution < -0.4 is 0 Å². The summed E-state index contributed by atoms with van der Waals surface area (Å²) in [5, 5.41) is 12.0. The summed E-state index contributed by atoms with van der Waals surface area (Å²) in [5.74, 6) is -2.35. The van der Waals surface area contributed by atoms with Crippen molar-refractivity contribution in [3.63, 3.8) is 0 Å². The molecule has 0 saturated carbocycles. The Morgan fingerprint density at radius 3 is 2.27 bits per heavy atom. The van der Waals surface area contributed by atoms with Crippen molar-refractivity contribution in [1.29, 1.82) is 0 Å². The number of rotatable bonds is 19. The van der Waals surface area contributed by atoms with Crippen molar-refractivity contribution >= 4 is 5.97 Å². The number of carbonyl (C=O) groups is 1. The first-order chi connectivity index (χ1) is 27.0. The molecule has 0 aromatic heterocycles. The maximum Gasteiger partial charge on any atom is 0.306 e. The molecular formula is C42H60O14. The second-order valence-corrected chi connectivity index (χ2v) is 15.6. The average molecular weight is 789 g/mol. The van der Waals surface area contributed by atoms with Crippen molar-refractivity contribution < 1.29 is 66.7 Å². The third-order valence-corrected chi connectivity index (χ3v) is 10.2. The van der Waals surface area contributed by atoms with E-state index in [2.05, 4.69) is 6.92 Å². The summed E-state index contributed by atoms with van der Waals surface area (Å²) < 4.78 is 74.5. The molecule has 14 heteroatoms. The van der Waals surface area contributed by atoms with Gasteiger partial charge in [0.15, 0.2) is 30.3 Å². The molecule has 2 aromatic carbocycles. The fourth-order valence-corrected chi connectivity index (χ4v) is 7.54. The molecule has 0 aliphatic carbocycles. The highest BCUT2D eigenvalue weighted by Gasteiger charge is 2.57. The first-order valence-corrected chi connectivity index (χ1v) is 19.9. The molecule has 0 radical (unpaired) electrons. The molecule has 2 aromatic rings. The van der Waals surface area contributed by atoms with Crippen molar-refractivity contribution in [1.82, 2.24) is 0 Å². The Labute approximate surface area is 330 Å². The number of unbranched alkanes of at least 4 members (excludes halogenated alkanes) is 4. The lowest BCUT2D eigenvalue weighted by molar-refractivity contribution is -0.389. The van der Waals surface area contributed by atoms with Crippen LogP contribution in [0.15, 0.2) is 60.7 Å². The van der Waals surface area contributed by atoms with Crippen LogP contribution in [0.5, 0.6) is 0 Å². The Balaban J connectivity index is 1.28. The highest BCUT2D eigenvalue weighted by Crippen LogP contribution is 2.41. The third kappa shape index (κ3) is 11.3.